The van der Waals surface area contributed by atoms with Gasteiger partial charge >= 0.3 is 0 Å². The fourth-order valence-corrected chi connectivity index (χ4v) is 3.75. The van der Waals surface area contributed by atoms with E-state index in [1.807, 2.05) is 38.1 Å². The van der Waals surface area contributed by atoms with Crippen molar-refractivity contribution in [3.05, 3.63) is 70.5 Å². The molecule has 0 N–H and O–H groups in total. The molecular formula is C21H21FN2O2S. The maximum Gasteiger partial charge on any atom is 0.265 e. The molecule has 0 spiro atoms. The van der Waals surface area contributed by atoms with Crippen LogP contribution in [0.25, 0.3) is 10.6 Å². The minimum atomic E-state index is -0.286. The Morgan fingerprint density at radius 2 is 1.81 bits per heavy atom. The first kappa shape index (κ1) is 19.0. The highest BCUT2D eigenvalue weighted by Crippen LogP contribution is 2.30. The van der Waals surface area contributed by atoms with Crippen molar-refractivity contribution in [2.75, 3.05) is 13.7 Å². The van der Waals surface area contributed by atoms with E-state index in [0.29, 0.717) is 23.7 Å². The Balaban J connectivity index is 1.76. The summed E-state index contributed by atoms with van der Waals surface area (Å²) >= 11 is 1.38. The molecule has 1 amide bonds. The lowest BCUT2D eigenvalue weighted by Gasteiger charge is -2.16. The molecule has 0 radical (unpaired) electrons. The first-order valence-corrected chi connectivity index (χ1v) is 9.50. The Morgan fingerprint density at radius 1 is 1.15 bits per heavy atom. The number of carbonyl (C=O) groups is 1. The average Bonchev–Trinajstić information content (AvgIpc) is 3.05. The lowest BCUT2D eigenvalue weighted by Crippen LogP contribution is -2.26. The van der Waals surface area contributed by atoms with Crippen LogP contribution in [0, 0.1) is 12.7 Å². The van der Waals surface area contributed by atoms with Crippen LogP contribution in [0.1, 0.15) is 27.9 Å². The predicted molar refractivity (Wildman–Crippen MR) is 106 cm³/mol. The van der Waals surface area contributed by atoms with Gasteiger partial charge in [0.15, 0.2) is 0 Å². The van der Waals surface area contributed by atoms with Crippen LogP contribution in [0.15, 0.2) is 48.5 Å². The van der Waals surface area contributed by atoms with Gasteiger partial charge in [0.05, 0.1) is 12.3 Å². The third-order valence-electron chi connectivity index (χ3n) is 4.08. The molecule has 2 aromatic carbocycles. The van der Waals surface area contributed by atoms with E-state index in [9.17, 15) is 9.18 Å². The van der Waals surface area contributed by atoms with Gasteiger partial charge in [-0.15, -0.1) is 11.3 Å². The standard InChI is InChI=1S/C21H21FN2O2S/c1-4-26-18-11-7-16(8-12-18)20-23-14(2)19(27-20)21(25)24(3)13-15-5-9-17(22)10-6-15/h5-12H,4,13H2,1-3H3. The Labute approximate surface area is 162 Å². The number of ether oxygens (including phenoxy) is 1. The molecule has 0 atom stereocenters. The van der Waals surface area contributed by atoms with E-state index in [2.05, 4.69) is 4.98 Å². The van der Waals surface area contributed by atoms with Crippen molar-refractivity contribution in [2.24, 2.45) is 0 Å². The number of aromatic nitrogens is 1. The van der Waals surface area contributed by atoms with E-state index in [1.54, 1.807) is 24.1 Å². The molecule has 4 nitrogen and oxygen atoms in total. The van der Waals surface area contributed by atoms with Crippen LogP contribution in [-0.2, 0) is 6.54 Å². The minimum Gasteiger partial charge on any atom is -0.494 e. The van der Waals surface area contributed by atoms with Crippen molar-refractivity contribution in [1.29, 1.82) is 0 Å². The van der Waals surface area contributed by atoms with Crippen LogP contribution in [0.2, 0.25) is 0 Å². The Kier molecular flexibility index (Phi) is 5.86. The summed E-state index contributed by atoms with van der Waals surface area (Å²) in [5.74, 6) is 0.433. The third-order valence-corrected chi connectivity index (χ3v) is 5.28. The maximum absolute atomic E-state index is 13.0. The molecule has 0 aliphatic heterocycles. The van der Waals surface area contributed by atoms with Crippen molar-refractivity contribution in [3.63, 3.8) is 0 Å². The number of hydrogen-bond donors (Lipinski definition) is 0. The van der Waals surface area contributed by atoms with Crippen molar-refractivity contribution >= 4 is 17.2 Å². The molecule has 0 fully saturated rings. The number of aryl methyl sites for hydroxylation is 1. The second-order valence-electron chi connectivity index (χ2n) is 6.18. The molecule has 6 heteroatoms. The highest BCUT2D eigenvalue weighted by molar-refractivity contribution is 7.17. The van der Waals surface area contributed by atoms with Gasteiger partial charge in [-0.3, -0.25) is 4.79 Å². The number of nitrogens with zero attached hydrogens (tertiary/aromatic N) is 2. The SMILES string of the molecule is CCOc1ccc(-c2nc(C)c(C(=O)N(C)Cc3ccc(F)cc3)s2)cc1. The lowest BCUT2D eigenvalue weighted by atomic mass is 10.2. The number of benzene rings is 2. The van der Waals surface area contributed by atoms with Crippen molar-refractivity contribution in [2.45, 2.75) is 20.4 Å². The maximum atomic E-state index is 13.0. The van der Waals surface area contributed by atoms with E-state index in [0.717, 1.165) is 21.9 Å². The molecule has 1 aromatic heterocycles. The van der Waals surface area contributed by atoms with Gasteiger partial charge in [-0.25, -0.2) is 9.37 Å². The van der Waals surface area contributed by atoms with Gasteiger partial charge in [0.1, 0.15) is 21.5 Å². The topological polar surface area (TPSA) is 42.4 Å². The van der Waals surface area contributed by atoms with Gasteiger partial charge in [-0.2, -0.15) is 0 Å². The zero-order valence-electron chi connectivity index (χ0n) is 15.5. The molecule has 0 unspecified atom stereocenters. The van der Waals surface area contributed by atoms with Crippen LogP contribution >= 0.6 is 11.3 Å². The number of amides is 1. The highest BCUT2D eigenvalue weighted by Gasteiger charge is 2.20. The molecule has 0 aliphatic rings. The summed E-state index contributed by atoms with van der Waals surface area (Å²) in [4.78, 5) is 19.6. The third kappa shape index (κ3) is 4.52. The van der Waals surface area contributed by atoms with Crippen molar-refractivity contribution in [1.82, 2.24) is 9.88 Å². The molecular weight excluding hydrogens is 363 g/mol. The number of hydrogen-bond acceptors (Lipinski definition) is 4. The normalized spacial score (nSPS) is 10.7. The monoisotopic (exact) mass is 384 g/mol. The quantitative estimate of drug-likeness (QED) is 0.605. The van der Waals surface area contributed by atoms with Gasteiger partial charge in [0.25, 0.3) is 5.91 Å². The van der Waals surface area contributed by atoms with E-state index < -0.39 is 0 Å². The Bertz CT molecular complexity index is 920. The molecule has 0 bridgehead atoms. The van der Waals surface area contributed by atoms with Crippen LogP contribution < -0.4 is 4.74 Å². The minimum absolute atomic E-state index is 0.0912. The number of thiazole rings is 1. The second-order valence-corrected chi connectivity index (χ2v) is 7.18. The summed E-state index contributed by atoms with van der Waals surface area (Å²) in [6, 6.07) is 13.9. The van der Waals surface area contributed by atoms with Gasteiger partial charge in [0, 0.05) is 19.2 Å². The van der Waals surface area contributed by atoms with E-state index in [-0.39, 0.29) is 11.7 Å². The van der Waals surface area contributed by atoms with Crippen LogP contribution in [0.5, 0.6) is 5.75 Å². The fourth-order valence-electron chi connectivity index (χ4n) is 2.69. The summed E-state index contributed by atoms with van der Waals surface area (Å²) in [7, 11) is 1.74. The highest BCUT2D eigenvalue weighted by atomic mass is 32.1. The molecule has 0 saturated carbocycles. The largest absolute Gasteiger partial charge is 0.494 e. The van der Waals surface area contributed by atoms with E-state index in [4.69, 9.17) is 4.74 Å². The lowest BCUT2D eigenvalue weighted by molar-refractivity contribution is 0.0789. The zero-order chi connectivity index (χ0) is 19.4. The van der Waals surface area contributed by atoms with Crippen LogP contribution in [0.4, 0.5) is 4.39 Å². The average molecular weight is 384 g/mol. The van der Waals surface area contributed by atoms with Crippen molar-refractivity contribution < 1.29 is 13.9 Å². The van der Waals surface area contributed by atoms with Gasteiger partial charge in [-0.1, -0.05) is 12.1 Å². The van der Waals surface area contributed by atoms with Gasteiger partial charge < -0.3 is 9.64 Å². The number of carbonyl (C=O) groups excluding carboxylic acids is 1. The van der Waals surface area contributed by atoms with E-state index in [1.165, 1.54) is 23.5 Å². The second kappa shape index (κ2) is 8.31. The fraction of sp³-hybridized carbons (Fsp3) is 0.238. The molecule has 0 aliphatic carbocycles. The molecule has 3 aromatic rings. The Morgan fingerprint density at radius 3 is 2.44 bits per heavy atom. The predicted octanol–water partition coefficient (Wildman–Crippen LogP) is 4.93. The summed E-state index contributed by atoms with van der Waals surface area (Å²) in [6.07, 6.45) is 0. The Hall–Kier alpha value is -2.73. The van der Waals surface area contributed by atoms with Crippen LogP contribution in [0.3, 0.4) is 0 Å². The first-order chi connectivity index (χ1) is 13.0. The van der Waals surface area contributed by atoms with E-state index >= 15 is 0 Å². The van der Waals surface area contributed by atoms with Crippen LogP contribution in [-0.4, -0.2) is 29.4 Å². The van der Waals surface area contributed by atoms with Gasteiger partial charge in [0.2, 0.25) is 0 Å². The smallest absolute Gasteiger partial charge is 0.265 e. The molecule has 1 heterocycles. The molecule has 27 heavy (non-hydrogen) atoms. The molecule has 3 rings (SSSR count). The summed E-state index contributed by atoms with van der Waals surface area (Å²) in [5, 5.41) is 0.800. The van der Waals surface area contributed by atoms with Crippen molar-refractivity contribution in [3.8, 4) is 16.3 Å². The summed E-state index contributed by atoms with van der Waals surface area (Å²) in [6.45, 7) is 4.82. The van der Waals surface area contributed by atoms with Gasteiger partial charge in [-0.05, 0) is 55.8 Å². The molecule has 0 saturated heterocycles. The first-order valence-electron chi connectivity index (χ1n) is 8.68. The molecule has 140 valence electrons. The number of rotatable bonds is 6. The number of halogens is 1. The summed E-state index contributed by atoms with van der Waals surface area (Å²) in [5.41, 5.74) is 2.53. The summed E-state index contributed by atoms with van der Waals surface area (Å²) < 4.78 is 18.5. The zero-order valence-corrected chi connectivity index (χ0v) is 16.3.